The molecule has 0 saturated heterocycles. The maximum absolute atomic E-state index is 5.93. The Balaban J connectivity index is 2.66. The van der Waals surface area contributed by atoms with Crippen molar-refractivity contribution in [2.45, 2.75) is 19.9 Å². The molecule has 2 aromatic heterocycles. The fraction of sp³-hybridized carbons (Fsp3) is 0.333. The first kappa shape index (κ1) is 9.74. The van der Waals surface area contributed by atoms with E-state index in [1.165, 1.54) is 0 Å². The van der Waals surface area contributed by atoms with Gasteiger partial charge in [0.2, 0.25) is 5.28 Å². The zero-order valence-electron chi connectivity index (χ0n) is 7.67. The summed E-state index contributed by atoms with van der Waals surface area (Å²) in [7, 11) is 0. The van der Waals surface area contributed by atoms with Gasteiger partial charge in [-0.25, -0.2) is 4.98 Å². The molecule has 0 saturated carbocycles. The predicted molar refractivity (Wildman–Crippen MR) is 57.8 cm³/mol. The number of halogens is 2. The Hall–Kier alpha value is -0.800. The quantitative estimate of drug-likeness (QED) is 0.586. The molecule has 2 rings (SSSR count). The Bertz CT molecular complexity index is 464. The normalized spacial score (nSPS) is 11.1. The molecule has 0 N–H and O–H groups in total. The van der Waals surface area contributed by atoms with Crippen LogP contribution < -0.4 is 0 Å². The maximum Gasteiger partial charge on any atom is 0.225 e. The largest absolute Gasteiger partial charge is 0.332 e. The van der Waals surface area contributed by atoms with E-state index in [0.29, 0.717) is 5.15 Å². The van der Waals surface area contributed by atoms with Crippen molar-refractivity contribution in [3.8, 4) is 0 Å². The first-order valence-corrected chi connectivity index (χ1v) is 5.16. The molecule has 5 heteroatoms. The minimum absolute atomic E-state index is 0.193. The third-order valence-corrected chi connectivity index (χ3v) is 2.47. The number of hydrogen-bond donors (Lipinski definition) is 0. The standard InChI is InChI=1S/C9H9Cl2N3/c1-2-4-14-5-3-6-7(10)12-9(11)13-8(6)14/h3,5H,2,4H2,1H3. The predicted octanol–water partition coefficient (Wildman–Crippen LogP) is 3.15. The summed E-state index contributed by atoms with van der Waals surface area (Å²) in [4.78, 5) is 8.03. The van der Waals surface area contributed by atoms with E-state index < -0.39 is 0 Å². The molecule has 0 unspecified atom stereocenters. The second-order valence-electron chi connectivity index (χ2n) is 3.03. The van der Waals surface area contributed by atoms with Crippen molar-refractivity contribution in [2.24, 2.45) is 0 Å². The molecule has 0 spiro atoms. The first-order chi connectivity index (χ1) is 6.72. The summed E-state index contributed by atoms with van der Waals surface area (Å²) in [5.41, 5.74) is 0.803. The smallest absolute Gasteiger partial charge is 0.225 e. The Morgan fingerprint density at radius 3 is 2.86 bits per heavy atom. The maximum atomic E-state index is 5.93. The molecule has 0 fully saturated rings. The molecule has 2 heterocycles. The molecule has 0 atom stereocenters. The van der Waals surface area contributed by atoms with E-state index in [1.54, 1.807) is 0 Å². The van der Waals surface area contributed by atoms with Crippen molar-refractivity contribution >= 4 is 34.2 Å². The van der Waals surface area contributed by atoms with Gasteiger partial charge in [0.25, 0.3) is 0 Å². The summed E-state index contributed by atoms with van der Waals surface area (Å²) < 4.78 is 2.02. The molecule has 0 bridgehead atoms. The molecule has 0 aromatic carbocycles. The second-order valence-corrected chi connectivity index (χ2v) is 3.73. The van der Waals surface area contributed by atoms with E-state index in [1.807, 2.05) is 16.8 Å². The highest BCUT2D eigenvalue weighted by molar-refractivity contribution is 6.35. The van der Waals surface area contributed by atoms with Crippen molar-refractivity contribution in [3.05, 3.63) is 22.7 Å². The summed E-state index contributed by atoms with van der Waals surface area (Å²) in [5, 5.41) is 1.46. The molecule has 0 aliphatic carbocycles. The van der Waals surface area contributed by atoms with Gasteiger partial charge in [0, 0.05) is 12.7 Å². The average Bonchev–Trinajstić information content (AvgIpc) is 2.49. The van der Waals surface area contributed by atoms with Crippen LogP contribution in [0.2, 0.25) is 10.4 Å². The monoisotopic (exact) mass is 229 g/mol. The van der Waals surface area contributed by atoms with E-state index >= 15 is 0 Å². The van der Waals surface area contributed by atoms with Gasteiger partial charge in [-0.3, -0.25) is 0 Å². The van der Waals surface area contributed by atoms with Crippen molar-refractivity contribution in [3.63, 3.8) is 0 Å². The Kier molecular flexibility index (Phi) is 2.61. The van der Waals surface area contributed by atoms with Gasteiger partial charge in [-0.1, -0.05) is 18.5 Å². The van der Waals surface area contributed by atoms with Gasteiger partial charge >= 0.3 is 0 Å². The molecule has 0 aliphatic rings. The van der Waals surface area contributed by atoms with Gasteiger partial charge in [-0.2, -0.15) is 4.98 Å². The number of rotatable bonds is 2. The topological polar surface area (TPSA) is 30.7 Å². The fourth-order valence-electron chi connectivity index (χ4n) is 1.42. The van der Waals surface area contributed by atoms with Crippen LogP contribution in [0.1, 0.15) is 13.3 Å². The van der Waals surface area contributed by atoms with E-state index in [2.05, 4.69) is 16.9 Å². The highest BCUT2D eigenvalue weighted by atomic mass is 35.5. The van der Waals surface area contributed by atoms with Gasteiger partial charge in [-0.15, -0.1) is 0 Å². The van der Waals surface area contributed by atoms with Crippen molar-refractivity contribution in [1.29, 1.82) is 0 Å². The average molecular weight is 230 g/mol. The lowest BCUT2D eigenvalue weighted by Crippen LogP contribution is -1.97. The number of hydrogen-bond acceptors (Lipinski definition) is 2. The van der Waals surface area contributed by atoms with Crippen LogP contribution in [0.3, 0.4) is 0 Å². The fourth-order valence-corrected chi connectivity index (χ4v) is 1.86. The zero-order chi connectivity index (χ0) is 10.1. The summed E-state index contributed by atoms with van der Waals surface area (Å²) in [6.07, 6.45) is 2.99. The Morgan fingerprint density at radius 2 is 2.14 bits per heavy atom. The van der Waals surface area contributed by atoms with Crippen LogP contribution in [0.5, 0.6) is 0 Å². The molecule has 74 valence electrons. The number of nitrogens with zero attached hydrogens (tertiary/aromatic N) is 3. The minimum Gasteiger partial charge on any atom is -0.332 e. The van der Waals surface area contributed by atoms with Gasteiger partial charge in [0.1, 0.15) is 10.8 Å². The summed E-state index contributed by atoms with van der Waals surface area (Å²) in [6, 6.07) is 1.91. The number of aryl methyl sites for hydroxylation is 1. The van der Waals surface area contributed by atoms with Crippen LogP contribution in [0.4, 0.5) is 0 Å². The van der Waals surface area contributed by atoms with Gasteiger partial charge < -0.3 is 4.57 Å². The highest BCUT2D eigenvalue weighted by Gasteiger charge is 2.08. The lowest BCUT2D eigenvalue weighted by atomic mass is 10.4. The van der Waals surface area contributed by atoms with Gasteiger partial charge in [0.05, 0.1) is 5.39 Å². The molecule has 0 aliphatic heterocycles. The van der Waals surface area contributed by atoms with Crippen LogP contribution in [0.15, 0.2) is 12.3 Å². The SMILES string of the molecule is CCCn1ccc2c(Cl)nc(Cl)nc21. The van der Waals surface area contributed by atoms with Crippen LogP contribution in [-0.2, 0) is 6.54 Å². The molecule has 0 radical (unpaired) electrons. The molecular formula is C9H9Cl2N3. The third-order valence-electron chi connectivity index (χ3n) is 2.01. The third kappa shape index (κ3) is 1.57. The Morgan fingerprint density at radius 1 is 1.36 bits per heavy atom. The molecule has 2 aromatic rings. The molecular weight excluding hydrogens is 221 g/mol. The molecule has 14 heavy (non-hydrogen) atoms. The van der Waals surface area contributed by atoms with E-state index in [-0.39, 0.29) is 5.28 Å². The lowest BCUT2D eigenvalue weighted by Gasteiger charge is -2.01. The minimum atomic E-state index is 0.193. The van der Waals surface area contributed by atoms with Crippen molar-refractivity contribution < 1.29 is 0 Å². The molecule has 0 amide bonds. The highest BCUT2D eigenvalue weighted by Crippen LogP contribution is 2.22. The van der Waals surface area contributed by atoms with Crippen LogP contribution in [-0.4, -0.2) is 14.5 Å². The molecule has 3 nitrogen and oxygen atoms in total. The lowest BCUT2D eigenvalue weighted by molar-refractivity contribution is 0.697. The first-order valence-electron chi connectivity index (χ1n) is 4.40. The van der Waals surface area contributed by atoms with Gasteiger partial charge in [0.15, 0.2) is 0 Å². The van der Waals surface area contributed by atoms with Crippen LogP contribution in [0.25, 0.3) is 11.0 Å². The van der Waals surface area contributed by atoms with E-state index in [0.717, 1.165) is 24.0 Å². The van der Waals surface area contributed by atoms with E-state index in [9.17, 15) is 0 Å². The number of aromatic nitrogens is 3. The summed E-state index contributed by atoms with van der Waals surface area (Å²) in [5.74, 6) is 0. The Labute approximate surface area is 91.7 Å². The summed E-state index contributed by atoms with van der Waals surface area (Å²) >= 11 is 11.7. The number of fused-ring (bicyclic) bond motifs is 1. The van der Waals surface area contributed by atoms with Gasteiger partial charge in [-0.05, 0) is 24.1 Å². The second kappa shape index (κ2) is 3.75. The van der Waals surface area contributed by atoms with Crippen LogP contribution >= 0.6 is 23.2 Å². The zero-order valence-corrected chi connectivity index (χ0v) is 9.18. The van der Waals surface area contributed by atoms with Crippen LogP contribution in [0, 0.1) is 0 Å². The summed E-state index contributed by atoms with van der Waals surface area (Å²) in [6.45, 7) is 3.02. The van der Waals surface area contributed by atoms with Crippen molar-refractivity contribution in [2.75, 3.05) is 0 Å². The van der Waals surface area contributed by atoms with Crippen molar-refractivity contribution in [1.82, 2.24) is 14.5 Å². The van der Waals surface area contributed by atoms with E-state index in [4.69, 9.17) is 23.2 Å².